The van der Waals surface area contributed by atoms with Crippen molar-refractivity contribution >= 4 is 11.6 Å². The first-order valence-electron chi connectivity index (χ1n) is 7.91. The molecule has 1 aromatic carbocycles. The molecule has 1 unspecified atom stereocenters. The van der Waals surface area contributed by atoms with Gasteiger partial charge in [0.15, 0.2) is 0 Å². The number of nitrogens with one attached hydrogen (secondary N) is 1. The molecule has 0 spiro atoms. The lowest BCUT2D eigenvalue weighted by Gasteiger charge is -2.18. The number of aryl methyl sites for hydroxylation is 1. The summed E-state index contributed by atoms with van der Waals surface area (Å²) in [5.41, 5.74) is 5.77. The first-order valence-corrected chi connectivity index (χ1v) is 8.29. The van der Waals surface area contributed by atoms with E-state index in [1.54, 1.807) is 0 Å². The Morgan fingerprint density at radius 2 is 2.13 bits per heavy atom. The molecular weight excluding hydrogens is 306 g/mol. The monoisotopic (exact) mass is 323 g/mol. The molecule has 0 bridgehead atoms. The lowest BCUT2D eigenvalue weighted by Crippen LogP contribution is -2.21. The average Bonchev–Trinajstić information content (AvgIpc) is 3.00. The highest BCUT2D eigenvalue weighted by atomic mass is 35.5. The van der Waals surface area contributed by atoms with Crippen LogP contribution < -0.4 is 5.32 Å². The molecule has 0 aliphatic carbocycles. The quantitative estimate of drug-likeness (QED) is 0.763. The van der Waals surface area contributed by atoms with Crippen LogP contribution in [0.4, 0.5) is 0 Å². The van der Waals surface area contributed by atoms with Crippen LogP contribution in [0.5, 0.6) is 0 Å². The van der Waals surface area contributed by atoms with E-state index in [1.165, 1.54) is 11.3 Å². The maximum atomic E-state index is 6.42. The average molecular weight is 324 g/mol. The second kappa shape index (κ2) is 5.84. The number of halogens is 1. The molecule has 0 fully saturated rings. The fourth-order valence-corrected chi connectivity index (χ4v) is 3.45. The van der Waals surface area contributed by atoms with E-state index in [4.69, 9.17) is 11.6 Å². The van der Waals surface area contributed by atoms with Crippen molar-refractivity contribution in [2.45, 2.75) is 25.9 Å². The van der Waals surface area contributed by atoms with Gasteiger partial charge in [0.25, 0.3) is 0 Å². The number of rotatable bonds is 2. The highest BCUT2D eigenvalue weighted by Gasteiger charge is 2.24. The number of hydrogen-bond donors (Lipinski definition) is 1. The molecule has 4 rings (SSSR count). The Kier molecular flexibility index (Phi) is 3.68. The molecule has 116 valence electrons. The Morgan fingerprint density at radius 3 is 2.91 bits per heavy atom. The smallest absolute Gasteiger partial charge is 0.0752 e. The van der Waals surface area contributed by atoms with E-state index < -0.39 is 0 Å². The lowest BCUT2D eigenvalue weighted by molar-refractivity contribution is 0.599. The molecule has 0 saturated carbocycles. The van der Waals surface area contributed by atoms with Crippen molar-refractivity contribution in [1.82, 2.24) is 14.9 Å². The van der Waals surface area contributed by atoms with E-state index in [2.05, 4.69) is 58.3 Å². The van der Waals surface area contributed by atoms with Crippen molar-refractivity contribution in [2.75, 3.05) is 0 Å². The summed E-state index contributed by atoms with van der Waals surface area (Å²) < 4.78 is 2.22. The van der Waals surface area contributed by atoms with Crippen molar-refractivity contribution in [3.63, 3.8) is 0 Å². The zero-order valence-corrected chi connectivity index (χ0v) is 13.7. The second-order valence-electron chi connectivity index (χ2n) is 5.79. The van der Waals surface area contributed by atoms with E-state index in [0.29, 0.717) is 0 Å². The molecule has 0 amide bonds. The maximum absolute atomic E-state index is 6.42. The predicted molar refractivity (Wildman–Crippen MR) is 93.1 cm³/mol. The standard InChI is InChI=1S/C19H18ClN3/c1-2-14-9-8-13(11-21-14)19-18-7-4-10-23(18)17-6-3-5-16(20)15(17)12-22-19/h3-11,19,22H,2,12H2,1H3. The number of aromatic nitrogens is 2. The number of hydrogen-bond acceptors (Lipinski definition) is 2. The molecule has 4 heteroatoms. The molecule has 0 radical (unpaired) electrons. The molecule has 3 aromatic rings. The number of nitrogens with zero attached hydrogens (tertiary/aromatic N) is 2. The molecule has 0 saturated heterocycles. The molecular formula is C19H18ClN3. The predicted octanol–water partition coefficient (Wildman–Crippen LogP) is 4.28. The molecule has 2 aromatic heterocycles. The van der Waals surface area contributed by atoms with Gasteiger partial charge in [0.2, 0.25) is 0 Å². The van der Waals surface area contributed by atoms with E-state index in [0.717, 1.165) is 34.9 Å². The summed E-state index contributed by atoms with van der Waals surface area (Å²) in [6, 6.07) is 14.7. The van der Waals surface area contributed by atoms with Crippen molar-refractivity contribution in [2.24, 2.45) is 0 Å². The lowest BCUT2D eigenvalue weighted by atomic mass is 10.1. The third kappa shape index (κ3) is 2.46. The van der Waals surface area contributed by atoms with Crippen LogP contribution in [-0.4, -0.2) is 9.55 Å². The SMILES string of the molecule is CCc1ccc(C2NCc3c(Cl)cccc3-n3cccc32)cn1. The minimum atomic E-state index is 0.104. The number of benzene rings is 1. The second-order valence-corrected chi connectivity index (χ2v) is 6.20. The topological polar surface area (TPSA) is 29.9 Å². The van der Waals surface area contributed by atoms with Crippen LogP contribution in [-0.2, 0) is 13.0 Å². The summed E-state index contributed by atoms with van der Waals surface area (Å²) in [5.74, 6) is 0. The van der Waals surface area contributed by atoms with Crippen LogP contribution in [0.2, 0.25) is 5.02 Å². The zero-order valence-electron chi connectivity index (χ0n) is 13.0. The fourth-order valence-electron chi connectivity index (χ4n) is 3.21. The van der Waals surface area contributed by atoms with E-state index in [-0.39, 0.29) is 6.04 Å². The van der Waals surface area contributed by atoms with Gasteiger partial charge in [-0.3, -0.25) is 4.98 Å². The van der Waals surface area contributed by atoms with Gasteiger partial charge in [0.05, 0.1) is 11.7 Å². The Morgan fingerprint density at radius 1 is 1.22 bits per heavy atom. The summed E-state index contributed by atoms with van der Waals surface area (Å²) in [4.78, 5) is 4.55. The molecule has 3 heterocycles. The van der Waals surface area contributed by atoms with Crippen LogP contribution in [0.25, 0.3) is 5.69 Å². The van der Waals surface area contributed by atoms with Gasteiger partial charge >= 0.3 is 0 Å². The number of pyridine rings is 1. The first kappa shape index (κ1) is 14.5. The van der Waals surface area contributed by atoms with Crippen molar-refractivity contribution in [3.8, 4) is 5.69 Å². The summed E-state index contributed by atoms with van der Waals surface area (Å²) in [5, 5.41) is 4.43. The summed E-state index contributed by atoms with van der Waals surface area (Å²) in [6.45, 7) is 2.85. The van der Waals surface area contributed by atoms with Crippen molar-refractivity contribution in [3.05, 3.63) is 82.4 Å². The van der Waals surface area contributed by atoms with Crippen molar-refractivity contribution < 1.29 is 0 Å². The zero-order chi connectivity index (χ0) is 15.8. The summed E-state index contributed by atoms with van der Waals surface area (Å²) >= 11 is 6.42. The molecule has 1 aliphatic rings. The first-order chi connectivity index (χ1) is 11.3. The van der Waals surface area contributed by atoms with Gasteiger partial charge in [-0.1, -0.05) is 30.7 Å². The van der Waals surface area contributed by atoms with Crippen LogP contribution >= 0.6 is 11.6 Å². The van der Waals surface area contributed by atoms with Crippen LogP contribution in [0, 0.1) is 0 Å². The largest absolute Gasteiger partial charge is 0.319 e. The van der Waals surface area contributed by atoms with Crippen molar-refractivity contribution in [1.29, 1.82) is 0 Å². The van der Waals surface area contributed by atoms with Gasteiger partial charge in [0.1, 0.15) is 0 Å². The third-order valence-corrected chi connectivity index (χ3v) is 4.81. The molecule has 1 atom stereocenters. The minimum absolute atomic E-state index is 0.104. The van der Waals surface area contributed by atoms with Gasteiger partial charge in [-0.2, -0.15) is 0 Å². The van der Waals surface area contributed by atoms with E-state index in [1.807, 2.05) is 18.3 Å². The van der Waals surface area contributed by atoms with Crippen LogP contribution in [0.1, 0.15) is 35.5 Å². The highest BCUT2D eigenvalue weighted by Crippen LogP contribution is 2.32. The van der Waals surface area contributed by atoms with Gasteiger partial charge in [-0.05, 0) is 42.3 Å². The van der Waals surface area contributed by atoms with Gasteiger partial charge in [-0.25, -0.2) is 0 Å². The number of fused-ring (bicyclic) bond motifs is 3. The summed E-state index contributed by atoms with van der Waals surface area (Å²) in [6.07, 6.45) is 5.03. The van der Waals surface area contributed by atoms with Crippen LogP contribution in [0.3, 0.4) is 0 Å². The van der Waals surface area contributed by atoms with Crippen LogP contribution in [0.15, 0.2) is 54.9 Å². The minimum Gasteiger partial charge on any atom is -0.319 e. The third-order valence-electron chi connectivity index (χ3n) is 4.46. The Labute approximate surface area is 140 Å². The Bertz CT molecular complexity index is 836. The van der Waals surface area contributed by atoms with Gasteiger partial charge < -0.3 is 9.88 Å². The molecule has 1 N–H and O–H groups in total. The summed E-state index contributed by atoms with van der Waals surface area (Å²) in [7, 11) is 0. The molecule has 1 aliphatic heterocycles. The van der Waals surface area contributed by atoms with Gasteiger partial charge in [0, 0.05) is 40.9 Å². The maximum Gasteiger partial charge on any atom is 0.0752 e. The normalized spacial score (nSPS) is 16.5. The molecule has 3 nitrogen and oxygen atoms in total. The highest BCUT2D eigenvalue weighted by molar-refractivity contribution is 6.31. The van der Waals surface area contributed by atoms with E-state index in [9.17, 15) is 0 Å². The Balaban J connectivity index is 1.82. The fraction of sp³-hybridized carbons (Fsp3) is 0.211. The van der Waals surface area contributed by atoms with Gasteiger partial charge in [-0.15, -0.1) is 0 Å². The Hall–Kier alpha value is -2.10. The molecule has 23 heavy (non-hydrogen) atoms. The van der Waals surface area contributed by atoms with E-state index >= 15 is 0 Å².